The lowest BCUT2D eigenvalue weighted by molar-refractivity contribution is -0.115. The number of nitrogens with zero attached hydrogens (tertiary/aromatic N) is 2. The second kappa shape index (κ2) is 6.38. The van der Waals surface area contributed by atoms with E-state index < -0.39 is 13.0 Å². The fraction of sp³-hybridized carbons (Fsp3) is 0.375. The van der Waals surface area contributed by atoms with Gasteiger partial charge >= 0.3 is 7.05 Å². The molecule has 0 aromatic carbocycles. The van der Waals surface area contributed by atoms with E-state index in [1.807, 2.05) is 0 Å². The van der Waals surface area contributed by atoms with Gasteiger partial charge in [-0.25, -0.2) is 4.98 Å². The van der Waals surface area contributed by atoms with Gasteiger partial charge in [0.1, 0.15) is 0 Å². The van der Waals surface area contributed by atoms with E-state index in [9.17, 15) is 4.79 Å². The number of hydrogen-bond acceptors (Lipinski definition) is 6. The van der Waals surface area contributed by atoms with Crippen LogP contribution in [-0.2, 0) is 4.79 Å². The summed E-state index contributed by atoms with van der Waals surface area (Å²) in [7, 11) is 0.658. The average molecular weight is 258 g/mol. The third-order valence-corrected chi connectivity index (χ3v) is 2.01. The summed E-state index contributed by atoms with van der Waals surface area (Å²) in [5.41, 5.74) is 0. The van der Waals surface area contributed by atoms with E-state index >= 15 is 0 Å². The molecule has 7 nitrogen and oxygen atoms in total. The van der Waals surface area contributed by atoms with Crippen LogP contribution in [0.2, 0.25) is 12.0 Å². The smallest absolute Gasteiger partial charge is 0.374 e. The highest BCUT2D eigenvalue weighted by molar-refractivity contribution is 6.45. The number of carbonyl (C=O) groups is 1. The maximum Gasteiger partial charge on any atom is 0.374 e. The van der Waals surface area contributed by atoms with Crippen LogP contribution in [0.3, 0.4) is 0 Å². The Balaban J connectivity index is 2.64. The average Bonchev–Trinajstić information content (AvgIpc) is 2.29. The maximum absolute atomic E-state index is 11.4. The highest BCUT2D eigenvalue weighted by Gasteiger charge is 2.11. The van der Waals surface area contributed by atoms with Gasteiger partial charge in [0.25, 0.3) is 0 Å². The summed E-state index contributed by atoms with van der Waals surface area (Å²) in [5, 5.41) is 14.0. The molecule has 0 aliphatic heterocycles. The Kier molecular flexibility index (Phi) is 5.14. The predicted molar refractivity (Wildman–Crippen MR) is 64.1 cm³/mol. The monoisotopic (exact) mass is 258 g/mol. The van der Waals surface area contributed by atoms with E-state index in [-0.39, 0.29) is 23.4 Å². The van der Waals surface area contributed by atoms with Gasteiger partial charge in [-0.1, -0.05) is 11.6 Å². The molecule has 0 bridgehead atoms. The van der Waals surface area contributed by atoms with Gasteiger partial charge in [0.2, 0.25) is 11.8 Å². The van der Waals surface area contributed by atoms with Crippen molar-refractivity contribution in [3.05, 3.63) is 11.3 Å². The van der Waals surface area contributed by atoms with Crippen molar-refractivity contribution < 1.29 is 14.6 Å². The van der Waals surface area contributed by atoms with Gasteiger partial charge < -0.3 is 20.3 Å². The van der Waals surface area contributed by atoms with Crippen molar-refractivity contribution in [3.63, 3.8) is 0 Å². The number of rotatable bonds is 5. The summed E-state index contributed by atoms with van der Waals surface area (Å²) in [5.74, 6) is -0.0352. The molecule has 0 unspecified atom stereocenters. The Morgan fingerprint density at radius 1 is 1.71 bits per heavy atom. The third kappa shape index (κ3) is 4.55. The topological polar surface area (TPSA) is 96.4 Å². The number of carbonyl (C=O) groups excluding carboxylic acids is 1. The molecule has 1 heterocycles. The second-order valence-electron chi connectivity index (χ2n) is 3.16. The normalized spacial score (nSPS) is 9.88. The third-order valence-electron chi connectivity index (χ3n) is 1.73. The Hall–Kier alpha value is -1.38. The molecule has 0 aliphatic rings. The van der Waals surface area contributed by atoms with Gasteiger partial charge in [-0.2, -0.15) is 4.98 Å². The molecule has 0 aliphatic carbocycles. The summed E-state index contributed by atoms with van der Waals surface area (Å²) in [6.07, 6.45) is 1.34. The van der Waals surface area contributed by atoms with Crippen LogP contribution in [0.4, 0.5) is 5.82 Å². The molecule has 0 radical (unpaired) electrons. The fourth-order valence-corrected chi connectivity index (χ4v) is 1.09. The lowest BCUT2D eigenvalue weighted by Crippen LogP contribution is -2.37. The maximum atomic E-state index is 11.4. The quantitative estimate of drug-likeness (QED) is 0.632. The summed E-state index contributed by atoms with van der Waals surface area (Å²) < 4.78 is 4.85. The number of anilines is 1. The first-order valence-corrected chi connectivity index (χ1v) is 5.18. The second-order valence-corrected chi connectivity index (χ2v) is 3.51. The molecule has 92 valence electrons. The van der Waals surface area contributed by atoms with Gasteiger partial charge in [-0.3, -0.25) is 4.79 Å². The van der Waals surface area contributed by atoms with Gasteiger partial charge in [0, 0.05) is 0 Å². The van der Waals surface area contributed by atoms with Gasteiger partial charge in [0.05, 0.1) is 19.9 Å². The minimum absolute atomic E-state index is 0.0626. The number of aromatic nitrogens is 2. The van der Waals surface area contributed by atoms with Gasteiger partial charge in [0.15, 0.2) is 11.0 Å². The minimum atomic E-state index is -0.771. The first-order valence-electron chi connectivity index (χ1n) is 4.80. The van der Waals surface area contributed by atoms with Crippen LogP contribution in [-0.4, -0.2) is 41.6 Å². The zero-order valence-corrected chi connectivity index (χ0v) is 10.2. The number of halogens is 1. The zero-order chi connectivity index (χ0) is 12.8. The number of hydrogen-bond donors (Lipinski definition) is 3. The largest absolute Gasteiger partial charge is 0.480 e. The molecule has 0 fully saturated rings. The van der Waals surface area contributed by atoms with E-state index in [2.05, 4.69) is 20.5 Å². The van der Waals surface area contributed by atoms with Crippen molar-refractivity contribution >= 4 is 30.4 Å². The lowest BCUT2D eigenvalue weighted by Gasteiger charge is -2.08. The first kappa shape index (κ1) is 13.7. The number of amides is 1. The molecule has 0 saturated heterocycles. The lowest BCUT2D eigenvalue weighted by atomic mass is 9.89. The molecule has 3 N–H and O–H groups in total. The Morgan fingerprint density at radius 2 is 2.41 bits per heavy atom. The standard InChI is InChI=1S/C8H12BClN4O3/c1-9(16)12-3-5(15)13-8-7(10)11-4-6(14-8)17-2/h4,12,16H,3H2,1-2H3,(H,13,14,15). The molecule has 17 heavy (non-hydrogen) atoms. The minimum Gasteiger partial charge on any atom is -0.480 e. The van der Waals surface area contributed by atoms with Crippen molar-refractivity contribution in [3.8, 4) is 5.88 Å². The number of nitrogens with one attached hydrogen (secondary N) is 2. The zero-order valence-electron chi connectivity index (χ0n) is 9.40. The van der Waals surface area contributed by atoms with Crippen molar-refractivity contribution in [2.45, 2.75) is 6.82 Å². The van der Waals surface area contributed by atoms with Crippen molar-refractivity contribution in [1.82, 2.24) is 15.2 Å². The number of methoxy groups -OCH3 is 1. The highest BCUT2D eigenvalue weighted by Crippen LogP contribution is 2.18. The van der Waals surface area contributed by atoms with Crippen LogP contribution in [0, 0.1) is 0 Å². The Morgan fingerprint density at radius 3 is 3.00 bits per heavy atom. The van der Waals surface area contributed by atoms with Crippen LogP contribution in [0.15, 0.2) is 6.20 Å². The van der Waals surface area contributed by atoms with Crippen LogP contribution in [0.5, 0.6) is 5.88 Å². The van der Waals surface area contributed by atoms with Crippen molar-refractivity contribution in [1.29, 1.82) is 0 Å². The summed E-state index contributed by atoms with van der Waals surface area (Å²) in [4.78, 5) is 19.1. The van der Waals surface area contributed by atoms with Crippen LogP contribution in [0.1, 0.15) is 0 Å². The SMILES string of the molecule is COc1cnc(Cl)c(NC(=O)CNB(C)O)n1. The molecule has 1 aromatic heterocycles. The Bertz CT molecular complexity index is 404. The van der Waals surface area contributed by atoms with E-state index in [0.29, 0.717) is 0 Å². The summed E-state index contributed by atoms with van der Waals surface area (Å²) >= 11 is 5.75. The predicted octanol–water partition coefficient (Wildman–Crippen LogP) is -0.223. The van der Waals surface area contributed by atoms with E-state index in [0.717, 1.165) is 0 Å². The van der Waals surface area contributed by atoms with E-state index in [1.54, 1.807) is 0 Å². The molecule has 1 rings (SSSR count). The van der Waals surface area contributed by atoms with Crippen molar-refractivity contribution in [2.75, 3.05) is 19.0 Å². The van der Waals surface area contributed by atoms with Crippen molar-refractivity contribution in [2.24, 2.45) is 0 Å². The Labute approximate surface area is 104 Å². The van der Waals surface area contributed by atoms with Crippen LogP contribution >= 0.6 is 11.6 Å². The molecule has 9 heteroatoms. The highest BCUT2D eigenvalue weighted by atomic mass is 35.5. The van der Waals surface area contributed by atoms with Crippen LogP contribution in [0.25, 0.3) is 0 Å². The van der Waals surface area contributed by atoms with E-state index in [4.69, 9.17) is 21.4 Å². The summed E-state index contributed by atoms with van der Waals surface area (Å²) in [6, 6.07) is 0. The molecule has 0 saturated carbocycles. The first-order chi connectivity index (χ1) is 8.02. The summed E-state index contributed by atoms with van der Waals surface area (Å²) in [6.45, 7) is 1.44. The molecule has 1 aromatic rings. The number of ether oxygens (including phenoxy) is 1. The van der Waals surface area contributed by atoms with Gasteiger partial charge in [-0.15, -0.1) is 0 Å². The molecular weight excluding hydrogens is 246 g/mol. The van der Waals surface area contributed by atoms with Gasteiger partial charge in [-0.05, 0) is 6.82 Å². The van der Waals surface area contributed by atoms with Crippen LogP contribution < -0.4 is 15.3 Å². The molecule has 0 spiro atoms. The molecular formula is C8H12BClN4O3. The van der Waals surface area contributed by atoms with E-state index in [1.165, 1.54) is 20.1 Å². The fourth-order valence-electron chi connectivity index (χ4n) is 0.953. The molecule has 0 atom stereocenters. The molecule has 1 amide bonds.